The molecule has 1 amide bonds. The van der Waals surface area contributed by atoms with Crippen LogP contribution in [-0.4, -0.2) is 20.6 Å². The molecule has 0 aliphatic carbocycles. The van der Waals surface area contributed by atoms with Gasteiger partial charge in [-0.05, 0) is 66.2 Å². The minimum Gasteiger partial charge on any atom is -0.322 e. The highest BCUT2D eigenvalue weighted by Gasteiger charge is 2.18. The predicted molar refractivity (Wildman–Crippen MR) is 113 cm³/mol. The zero-order chi connectivity index (χ0) is 21.0. The number of halogens is 2. The molecule has 1 N–H and O–H groups in total. The Hall–Kier alpha value is -2.90. The summed E-state index contributed by atoms with van der Waals surface area (Å²) in [6, 6.07) is 18.5. The summed E-state index contributed by atoms with van der Waals surface area (Å²) in [4.78, 5) is 12.4. The van der Waals surface area contributed by atoms with Crippen LogP contribution < -0.4 is 9.62 Å². The van der Waals surface area contributed by atoms with Gasteiger partial charge in [-0.2, -0.15) is 0 Å². The first-order valence-electron chi connectivity index (χ1n) is 8.61. The summed E-state index contributed by atoms with van der Waals surface area (Å²) in [6.45, 7) is 0.0510. The molecule has 5 nitrogen and oxygen atoms in total. The lowest BCUT2D eigenvalue weighted by Gasteiger charge is -2.22. The fraction of sp³-hybridized carbons (Fsp3) is 0.0952. The van der Waals surface area contributed by atoms with Crippen molar-refractivity contribution < 1.29 is 17.6 Å². The van der Waals surface area contributed by atoms with Crippen molar-refractivity contribution in [2.24, 2.45) is 0 Å². The molecule has 0 aliphatic heterocycles. The maximum absolute atomic E-state index is 13.1. The Balaban J connectivity index is 1.79. The van der Waals surface area contributed by atoms with Crippen LogP contribution >= 0.6 is 11.6 Å². The van der Waals surface area contributed by atoms with Crippen molar-refractivity contribution in [2.45, 2.75) is 6.54 Å². The van der Waals surface area contributed by atoms with Crippen molar-refractivity contribution in [3.8, 4) is 0 Å². The summed E-state index contributed by atoms with van der Waals surface area (Å²) in [5.74, 6) is -0.723. The number of hydrogen-bond acceptors (Lipinski definition) is 3. The lowest BCUT2D eigenvalue weighted by molar-refractivity contribution is 0.102. The second kappa shape index (κ2) is 8.63. The van der Waals surface area contributed by atoms with E-state index in [1.165, 1.54) is 28.6 Å². The van der Waals surface area contributed by atoms with E-state index in [0.29, 0.717) is 27.5 Å². The molecule has 0 saturated carbocycles. The van der Waals surface area contributed by atoms with Crippen molar-refractivity contribution in [3.05, 3.63) is 94.8 Å². The first-order chi connectivity index (χ1) is 13.7. The van der Waals surface area contributed by atoms with Crippen LogP contribution in [0.4, 0.5) is 15.8 Å². The normalized spacial score (nSPS) is 11.1. The molecule has 0 atom stereocenters. The van der Waals surface area contributed by atoms with E-state index in [-0.39, 0.29) is 12.5 Å². The Bertz CT molecular complexity index is 1100. The number of hydrogen-bond donors (Lipinski definition) is 1. The SMILES string of the molecule is CS(=O)(=O)N(Cc1ccc(F)cc1)c1ccc(C(=O)Nc2ccc(Cl)cc2)cc1. The summed E-state index contributed by atoms with van der Waals surface area (Å²) in [6.07, 6.45) is 1.09. The van der Waals surface area contributed by atoms with Gasteiger partial charge in [0.15, 0.2) is 0 Å². The average molecular weight is 433 g/mol. The van der Waals surface area contributed by atoms with E-state index in [4.69, 9.17) is 11.6 Å². The minimum absolute atomic E-state index is 0.0510. The Morgan fingerprint density at radius 1 is 0.966 bits per heavy atom. The van der Waals surface area contributed by atoms with Crippen LogP contribution in [0.3, 0.4) is 0 Å². The maximum atomic E-state index is 13.1. The molecular weight excluding hydrogens is 415 g/mol. The summed E-state index contributed by atoms with van der Waals surface area (Å²) in [5.41, 5.74) is 2.01. The summed E-state index contributed by atoms with van der Waals surface area (Å²) in [5, 5.41) is 3.31. The second-order valence-electron chi connectivity index (χ2n) is 6.40. The van der Waals surface area contributed by atoms with Crippen molar-refractivity contribution in [1.82, 2.24) is 0 Å². The number of rotatable bonds is 6. The number of nitrogens with zero attached hydrogens (tertiary/aromatic N) is 1. The smallest absolute Gasteiger partial charge is 0.255 e. The van der Waals surface area contributed by atoms with Gasteiger partial charge in [-0.3, -0.25) is 9.10 Å². The van der Waals surface area contributed by atoms with Crippen LogP contribution in [0.5, 0.6) is 0 Å². The van der Waals surface area contributed by atoms with Crippen LogP contribution in [0, 0.1) is 5.82 Å². The van der Waals surface area contributed by atoms with Crippen molar-refractivity contribution in [3.63, 3.8) is 0 Å². The molecule has 0 heterocycles. The summed E-state index contributed by atoms with van der Waals surface area (Å²) < 4.78 is 38.8. The quantitative estimate of drug-likeness (QED) is 0.614. The van der Waals surface area contributed by atoms with Gasteiger partial charge in [-0.15, -0.1) is 0 Å². The fourth-order valence-corrected chi connectivity index (χ4v) is 3.69. The molecule has 0 saturated heterocycles. The van der Waals surface area contributed by atoms with E-state index in [2.05, 4.69) is 5.32 Å². The third-order valence-corrected chi connectivity index (χ3v) is 5.55. The maximum Gasteiger partial charge on any atom is 0.255 e. The lowest BCUT2D eigenvalue weighted by Crippen LogP contribution is -2.29. The van der Waals surface area contributed by atoms with Crippen LogP contribution in [0.25, 0.3) is 0 Å². The second-order valence-corrected chi connectivity index (χ2v) is 8.75. The van der Waals surface area contributed by atoms with E-state index < -0.39 is 15.8 Å². The molecule has 0 fully saturated rings. The molecule has 0 radical (unpaired) electrons. The van der Waals surface area contributed by atoms with Gasteiger partial charge in [0.05, 0.1) is 18.5 Å². The third kappa shape index (κ3) is 5.56. The van der Waals surface area contributed by atoms with Gasteiger partial charge in [-0.25, -0.2) is 12.8 Å². The first-order valence-corrected chi connectivity index (χ1v) is 10.8. The highest BCUT2D eigenvalue weighted by Crippen LogP contribution is 2.22. The highest BCUT2D eigenvalue weighted by atomic mass is 35.5. The van der Waals surface area contributed by atoms with Crippen LogP contribution in [0.2, 0.25) is 5.02 Å². The Morgan fingerprint density at radius 3 is 2.10 bits per heavy atom. The monoisotopic (exact) mass is 432 g/mol. The van der Waals surface area contributed by atoms with E-state index >= 15 is 0 Å². The number of amides is 1. The van der Waals surface area contributed by atoms with Crippen molar-refractivity contribution in [2.75, 3.05) is 15.9 Å². The van der Waals surface area contributed by atoms with Gasteiger partial charge in [0.1, 0.15) is 5.82 Å². The molecule has 3 aromatic rings. The molecule has 8 heteroatoms. The van der Waals surface area contributed by atoms with E-state index in [1.807, 2.05) is 0 Å². The number of sulfonamides is 1. The number of nitrogens with one attached hydrogen (secondary N) is 1. The van der Waals surface area contributed by atoms with Gasteiger partial charge >= 0.3 is 0 Å². The molecule has 0 spiro atoms. The van der Waals surface area contributed by atoms with Crippen LogP contribution in [-0.2, 0) is 16.6 Å². The van der Waals surface area contributed by atoms with Gasteiger partial charge in [-0.1, -0.05) is 23.7 Å². The largest absolute Gasteiger partial charge is 0.322 e. The average Bonchev–Trinajstić information content (AvgIpc) is 2.68. The fourth-order valence-electron chi connectivity index (χ4n) is 2.67. The summed E-state index contributed by atoms with van der Waals surface area (Å²) in [7, 11) is -3.59. The van der Waals surface area contributed by atoms with E-state index in [0.717, 1.165) is 6.26 Å². The predicted octanol–water partition coefficient (Wildman–Crippen LogP) is 4.70. The van der Waals surface area contributed by atoms with Crippen molar-refractivity contribution in [1.29, 1.82) is 0 Å². The van der Waals surface area contributed by atoms with Gasteiger partial charge < -0.3 is 5.32 Å². The first kappa shape index (κ1) is 20.8. The Labute approximate surface area is 173 Å². The topological polar surface area (TPSA) is 66.5 Å². The van der Waals surface area contributed by atoms with Crippen LogP contribution in [0.15, 0.2) is 72.8 Å². The standard InChI is InChI=1S/C21H18ClFN2O3S/c1-29(27,28)25(14-15-2-8-18(23)9-3-15)20-12-4-16(5-13-20)21(26)24-19-10-6-17(22)7-11-19/h2-13H,14H2,1H3,(H,24,26). The molecule has 29 heavy (non-hydrogen) atoms. The number of carbonyl (C=O) groups excluding carboxylic acids is 1. The number of anilines is 2. The minimum atomic E-state index is -3.59. The van der Waals surface area contributed by atoms with Gasteiger partial charge in [0, 0.05) is 16.3 Å². The molecule has 150 valence electrons. The zero-order valence-electron chi connectivity index (χ0n) is 15.5. The number of carbonyl (C=O) groups is 1. The van der Waals surface area contributed by atoms with Crippen LogP contribution in [0.1, 0.15) is 15.9 Å². The molecule has 0 unspecified atom stereocenters. The van der Waals surface area contributed by atoms with E-state index in [9.17, 15) is 17.6 Å². The van der Waals surface area contributed by atoms with E-state index in [1.54, 1.807) is 48.5 Å². The molecule has 3 rings (SSSR count). The zero-order valence-corrected chi connectivity index (χ0v) is 17.0. The van der Waals surface area contributed by atoms with Gasteiger partial charge in [0.25, 0.3) is 5.91 Å². The summed E-state index contributed by atoms with van der Waals surface area (Å²) >= 11 is 5.83. The molecular formula is C21H18ClFN2O3S. The number of benzene rings is 3. The molecule has 0 aromatic heterocycles. The Morgan fingerprint density at radius 2 is 1.55 bits per heavy atom. The highest BCUT2D eigenvalue weighted by molar-refractivity contribution is 7.92. The van der Waals surface area contributed by atoms with Crippen molar-refractivity contribution >= 4 is 38.9 Å². The molecule has 0 bridgehead atoms. The van der Waals surface area contributed by atoms with Gasteiger partial charge in [0.2, 0.25) is 10.0 Å². The lowest BCUT2D eigenvalue weighted by atomic mass is 10.1. The third-order valence-electron chi connectivity index (χ3n) is 4.16. The Kier molecular flexibility index (Phi) is 6.20. The molecule has 0 aliphatic rings. The molecule has 3 aromatic carbocycles.